The highest BCUT2D eigenvalue weighted by Gasteiger charge is 2.50. The topological polar surface area (TPSA) is 570 Å². The van der Waals surface area contributed by atoms with Crippen LogP contribution in [0.5, 0.6) is 0 Å². The minimum Gasteiger partial charge on any atom is -0.396 e. The van der Waals surface area contributed by atoms with Gasteiger partial charge in [0.2, 0.25) is 35.4 Å². The lowest BCUT2D eigenvalue weighted by Crippen LogP contribution is -2.64. The quantitative estimate of drug-likeness (QED) is 0.0236. The van der Waals surface area contributed by atoms with E-state index in [1.54, 1.807) is 14.7 Å². The molecule has 6 aliphatic heterocycles. The molecule has 740 valence electrons. The fourth-order valence-corrected chi connectivity index (χ4v) is 19.6. The third kappa shape index (κ3) is 39.5. The monoisotopic (exact) mass is 1950 g/mol. The molecular formula is C82H145N6O34P3S3. The van der Waals surface area contributed by atoms with Crippen LogP contribution in [0.1, 0.15) is 233 Å². The van der Waals surface area contributed by atoms with Crippen LogP contribution in [0.4, 0.5) is 0 Å². The number of hydrogen-bond acceptors (Lipinski definition) is 34. The molecule has 0 radical (unpaired) electrons. The Balaban J connectivity index is 0.952. The maximum atomic E-state index is 14.5. The van der Waals surface area contributed by atoms with Crippen LogP contribution in [0.25, 0.3) is 0 Å². The zero-order chi connectivity index (χ0) is 94.3. The molecule has 6 saturated heterocycles. The van der Waals surface area contributed by atoms with Crippen molar-refractivity contribution in [1.29, 1.82) is 0 Å². The normalized spacial score (nSPS) is 27.4. The number of nitrogens with one attached hydrogen (secondary N) is 3. The Hall–Kier alpha value is -3.25. The van der Waals surface area contributed by atoms with Gasteiger partial charge in [-0.15, -0.1) is 0 Å². The second-order valence-corrected chi connectivity index (χ2v) is 43.6. The third-order valence-corrected chi connectivity index (χ3v) is 29.5. The number of thiol groups is 1. The van der Waals surface area contributed by atoms with Gasteiger partial charge in [-0.3, -0.25) is 43.2 Å². The van der Waals surface area contributed by atoms with Crippen molar-refractivity contribution in [3.05, 3.63) is 0 Å². The number of aliphatic hydroxyl groups is 10. The van der Waals surface area contributed by atoms with Gasteiger partial charge in [0.15, 0.2) is 18.9 Å². The van der Waals surface area contributed by atoms with E-state index in [9.17, 15) is 109 Å². The number of piperidine rings is 3. The van der Waals surface area contributed by atoms with Crippen molar-refractivity contribution in [3.8, 4) is 0 Å². The number of carbonyl (C=O) groups is 9. The number of ether oxygens (including phenoxy) is 6. The molecule has 0 aromatic heterocycles. The van der Waals surface area contributed by atoms with Crippen molar-refractivity contribution >= 4 is 109 Å². The van der Waals surface area contributed by atoms with Gasteiger partial charge >= 0.3 is 20.2 Å². The molecule has 6 amide bonds. The van der Waals surface area contributed by atoms with E-state index < -0.39 is 166 Å². The predicted octanol–water partition coefficient (Wildman–Crippen LogP) is 3.13. The summed E-state index contributed by atoms with van der Waals surface area (Å²) in [6, 6.07) is -3.20. The molecule has 6 heterocycles. The van der Waals surface area contributed by atoms with E-state index in [1.807, 2.05) is 0 Å². The standard InChI is InChI=1S/C82H145N6O34P3S3/c1-56(93)83-68-74(105)71(102)62(47-89)120-77(68)112-44-20-17-26-59(96)23-11-5-8-14-29-65(99)86-38-32-80(50-92,33-39-86)51-116-124(109,127)117-54-82(36-42-88(43-37-82)67(101)31-16-10-7-13-25-61(98)28-19-22-46-114-79-70(85-58(3)95)76(107)73(104)64(49-91)122-79)55-119-125(110,128)118-53-81(52-115-123(108,126)111-4)34-40-87(41-35-81)66(100)30-15-9-6-12-24-60(97)27-18-21-45-113-78-69(84-57(2)94)75(106)72(103)63(48-90)121-78/h62-64,68-79,89-92,102-107H,5-55H2,1-4H3,(H,83,93)(H,84,94)(H,85,95)(H,108,126)(H,109,127)(H,110,128)/t62-,63-,64-,68-,69-,70-,71+,72+,73+,74-,75-,76-,77-,78-,79-,123?,124?,125?/m1/s1. The zero-order valence-corrected chi connectivity index (χ0v) is 79.7. The van der Waals surface area contributed by atoms with E-state index in [1.165, 1.54) is 27.9 Å². The number of likely N-dealkylation sites (tertiary alicyclic amines) is 3. The number of rotatable bonds is 62. The number of hydrogen-bond donors (Lipinski definition) is 16. The Labute approximate surface area is 766 Å². The van der Waals surface area contributed by atoms with E-state index in [0.717, 1.165) is 12.8 Å². The molecule has 6 fully saturated rings. The van der Waals surface area contributed by atoms with Crippen LogP contribution < -0.4 is 16.0 Å². The summed E-state index contributed by atoms with van der Waals surface area (Å²) in [6.45, 7) is -10.00. The molecule has 0 aromatic carbocycles. The molecule has 46 heteroatoms. The summed E-state index contributed by atoms with van der Waals surface area (Å²) in [5.41, 5.74) is -2.95. The average Bonchev–Trinajstić information content (AvgIpc) is 0.820. The first-order chi connectivity index (χ1) is 60.8. The van der Waals surface area contributed by atoms with Crippen molar-refractivity contribution in [1.82, 2.24) is 30.7 Å². The molecule has 0 aliphatic carbocycles. The summed E-state index contributed by atoms with van der Waals surface area (Å²) in [7, 11) is 1.20. The number of amides is 6. The maximum absolute atomic E-state index is 14.5. The highest BCUT2D eigenvalue weighted by molar-refractivity contribution is 8.44. The summed E-state index contributed by atoms with van der Waals surface area (Å²) in [4.78, 5) is 142. The Morgan fingerprint density at radius 2 is 0.617 bits per heavy atom. The van der Waals surface area contributed by atoms with Crippen molar-refractivity contribution < 1.29 is 164 Å². The molecule has 0 saturated carbocycles. The van der Waals surface area contributed by atoms with E-state index in [0.29, 0.717) is 161 Å². The van der Waals surface area contributed by atoms with Gasteiger partial charge in [0.25, 0.3) is 0 Å². The van der Waals surface area contributed by atoms with Gasteiger partial charge in [-0.2, -0.15) is 0 Å². The van der Waals surface area contributed by atoms with Crippen LogP contribution in [-0.2, 0) is 127 Å². The molecular weight excluding hydrogens is 1800 g/mol. The number of nitrogens with zero attached hydrogens (tertiary/aromatic N) is 3. The smallest absolute Gasteiger partial charge is 0.386 e. The number of unbranched alkanes of at least 4 members (excludes halogenated alkanes) is 12. The molecule has 18 atom stereocenters. The molecule has 15 N–H and O–H groups in total. The Morgan fingerprint density at radius 1 is 0.375 bits per heavy atom. The largest absolute Gasteiger partial charge is 0.396 e. The molecule has 0 bridgehead atoms. The lowest BCUT2D eigenvalue weighted by atomic mass is 9.80. The summed E-state index contributed by atoms with van der Waals surface area (Å²) in [5.74, 6) is -1.51. The van der Waals surface area contributed by atoms with E-state index in [4.69, 9.17) is 79.2 Å². The van der Waals surface area contributed by atoms with Gasteiger partial charge < -0.3 is 147 Å². The first-order valence-corrected chi connectivity index (χ1v) is 52.9. The molecule has 3 unspecified atom stereocenters. The van der Waals surface area contributed by atoms with Gasteiger partial charge in [0.05, 0.1) is 59.5 Å². The SMILES string of the molecule is COP(O)(=S)OCC1(COP(=O)(S)OCC2(COP(O)(=S)OCC3(CO)CCN(C(=O)CCCCCCC(=O)CCCCO[C@@H]4O[C@H](CO)[C@H](O)[C@H](O)[C@H]4NC(C)=O)CC3)CCN(C(=O)CCCCCCC(=O)CCCCO[C@@H]3O[C@H](CO)[C@H](O)[C@H](O)[C@H]3NC(C)=O)CC2)CCN(C(=O)CCCCCCC(=O)CCCCO[C@@H]2O[C@H](CO)[C@H](O)[C@H](O)[C@H]2NC(C)=O)CC1. The van der Waals surface area contributed by atoms with Crippen LogP contribution in [0.3, 0.4) is 0 Å². The Morgan fingerprint density at radius 3 is 0.875 bits per heavy atom. The second-order valence-electron chi connectivity index (χ2n) is 34.9. The number of aliphatic hydroxyl groups excluding tert-OH is 10. The summed E-state index contributed by atoms with van der Waals surface area (Å²) in [6.07, 6.45) is -0.298. The molecule has 0 aromatic rings. The summed E-state index contributed by atoms with van der Waals surface area (Å²) >= 11 is 15.2. The van der Waals surface area contributed by atoms with Crippen LogP contribution >= 0.6 is 32.5 Å². The van der Waals surface area contributed by atoms with E-state index >= 15 is 0 Å². The fraction of sp³-hybridized carbons (Fsp3) is 0.890. The van der Waals surface area contributed by atoms with Gasteiger partial charge in [-0.1, -0.05) is 50.8 Å². The van der Waals surface area contributed by atoms with Gasteiger partial charge in [-0.05, 0) is 139 Å². The third-order valence-electron chi connectivity index (χ3n) is 24.7. The van der Waals surface area contributed by atoms with Crippen molar-refractivity contribution in [2.75, 3.05) is 126 Å². The minimum atomic E-state index is -4.33. The lowest BCUT2D eigenvalue weighted by Gasteiger charge is -2.43. The molecule has 6 rings (SSSR count). The second kappa shape index (κ2) is 57.7. The zero-order valence-electron chi connectivity index (χ0n) is 74.5. The molecule has 0 spiro atoms. The minimum absolute atomic E-state index is 0.0523. The Bertz CT molecular complexity index is 3550. The highest BCUT2D eigenvalue weighted by atomic mass is 32.7. The van der Waals surface area contributed by atoms with Gasteiger partial charge in [-0.25, -0.2) is 4.57 Å². The first-order valence-electron chi connectivity index (χ1n) is 45.1. The number of carbonyl (C=O) groups excluding carboxylic acids is 9. The fourth-order valence-electron chi connectivity index (χ4n) is 16.3. The van der Waals surface area contributed by atoms with Crippen LogP contribution in [0.15, 0.2) is 0 Å². The molecule has 6 aliphatic rings. The highest BCUT2D eigenvalue weighted by Crippen LogP contribution is 2.58. The number of ketones is 3. The average molecular weight is 1950 g/mol. The molecule has 40 nitrogen and oxygen atoms in total. The van der Waals surface area contributed by atoms with E-state index in [-0.39, 0.29) is 172 Å². The van der Waals surface area contributed by atoms with Crippen LogP contribution in [-0.4, -0.2) is 346 Å². The van der Waals surface area contributed by atoms with Crippen LogP contribution in [0.2, 0.25) is 0 Å². The lowest BCUT2D eigenvalue weighted by molar-refractivity contribution is -0.270. The first kappa shape index (κ1) is 113. The van der Waals surface area contributed by atoms with Gasteiger partial charge in [0.1, 0.15) is 90.4 Å². The predicted molar refractivity (Wildman–Crippen MR) is 472 cm³/mol. The molecule has 128 heavy (non-hydrogen) atoms. The van der Waals surface area contributed by atoms with E-state index in [2.05, 4.69) is 28.2 Å². The van der Waals surface area contributed by atoms with Crippen LogP contribution in [0, 0.1) is 16.2 Å². The van der Waals surface area contributed by atoms with Crippen molar-refractivity contribution in [2.24, 2.45) is 16.2 Å². The number of Topliss-reactive ketones (excluding diaryl/α,β-unsaturated/α-hetero) is 3. The van der Waals surface area contributed by atoms with Gasteiger partial charge in [0, 0.05) is 161 Å². The summed E-state index contributed by atoms with van der Waals surface area (Å²) in [5, 5.41) is 109. The Kier molecular flexibility index (Phi) is 51.2. The maximum Gasteiger partial charge on any atom is 0.386 e. The van der Waals surface area contributed by atoms with Crippen molar-refractivity contribution in [3.63, 3.8) is 0 Å². The van der Waals surface area contributed by atoms with Crippen molar-refractivity contribution in [2.45, 2.75) is 325 Å². The summed E-state index contributed by atoms with van der Waals surface area (Å²) < 4.78 is 83.7.